The molecule has 10 heteroatoms. The zero-order valence-corrected chi connectivity index (χ0v) is 14.5. The van der Waals surface area contributed by atoms with Gasteiger partial charge in [0.15, 0.2) is 0 Å². The first kappa shape index (κ1) is 20.6. The molecule has 1 rings (SSSR count). The average Bonchev–Trinajstić information content (AvgIpc) is 2.53. The molecule has 1 N–H and O–H groups in total. The van der Waals surface area contributed by atoms with Crippen molar-refractivity contribution in [2.75, 3.05) is 58.7 Å². The average molecular weight is 364 g/mol. The molecule has 1 aliphatic heterocycles. The first-order valence-corrected chi connectivity index (χ1v) is 9.24. The van der Waals surface area contributed by atoms with Crippen molar-refractivity contribution < 1.29 is 32.0 Å². The first-order chi connectivity index (χ1) is 11.3. The highest BCUT2D eigenvalue weighted by molar-refractivity contribution is 7.85. The van der Waals surface area contributed by atoms with Crippen LogP contribution in [0.4, 0.5) is 0 Å². The summed E-state index contributed by atoms with van der Waals surface area (Å²) in [7, 11) is -2.67. The largest absolute Gasteiger partial charge is 0.466 e. The molecule has 1 fully saturated rings. The fourth-order valence-corrected chi connectivity index (χ4v) is 2.73. The lowest BCUT2D eigenvalue weighted by Gasteiger charge is -2.34. The van der Waals surface area contributed by atoms with Crippen molar-refractivity contribution in [3.63, 3.8) is 0 Å². The van der Waals surface area contributed by atoms with Crippen LogP contribution in [0, 0.1) is 0 Å². The second kappa shape index (κ2) is 10.4. The van der Waals surface area contributed by atoms with Crippen molar-refractivity contribution in [1.29, 1.82) is 0 Å². The van der Waals surface area contributed by atoms with Crippen molar-refractivity contribution in [3.05, 3.63) is 12.2 Å². The van der Waals surface area contributed by atoms with Gasteiger partial charge in [0.1, 0.15) is 6.61 Å². The van der Waals surface area contributed by atoms with Crippen LogP contribution in [0.15, 0.2) is 12.2 Å². The highest BCUT2D eigenvalue weighted by Crippen LogP contribution is 2.03. The van der Waals surface area contributed by atoms with Crippen LogP contribution in [0.1, 0.15) is 6.42 Å². The van der Waals surface area contributed by atoms with Gasteiger partial charge in [-0.15, -0.1) is 0 Å². The Labute approximate surface area is 141 Å². The van der Waals surface area contributed by atoms with Crippen LogP contribution in [0.3, 0.4) is 0 Å². The van der Waals surface area contributed by atoms with Crippen molar-refractivity contribution in [2.45, 2.75) is 6.42 Å². The Balaban J connectivity index is 2.12. The Bertz CT molecular complexity index is 539. The normalized spacial score (nSPS) is 17.1. The molecule has 1 saturated heterocycles. The number of carbonyl (C=O) groups is 2. The summed E-state index contributed by atoms with van der Waals surface area (Å²) >= 11 is 0. The van der Waals surface area contributed by atoms with Crippen molar-refractivity contribution >= 4 is 22.1 Å². The molecule has 0 radical (unpaired) electrons. The van der Waals surface area contributed by atoms with Crippen molar-refractivity contribution in [1.82, 2.24) is 9.80 Å². The van der Waals surface area contributed by atoms with Gasteiger partial charge in [0.25, 0.3) is 10.1 Å². The summed E-state index contributed by atoms with van der Waals surface area (Å²) in [6.45, 7) is 4.62. The number of nitrogens with zero attached hydrogens (tertiary/aromatic N) is 2. The van der Waals surface area contributed by atoms with Crippen LogP contribution in [-0.4, -0.2) is 93.4 Å². The van der Waals surface area contributed by atoms with Crippen LogP contribution in [0.5, 0.6) is 0 Å². The Hall–Kier alpha value is -1.49. The topological polar surface area (TPSA) is 113 Å². The second-order valence-electron chi connectivity index (χ2n) is 5.35. The fourth-order valence-electron chi connectivity index (χ4n) is 2.23. The minimum absolute atomic E-state index is 0.220. The minimum atomic E-state index is -3.89. The summed E-state index contributed by atoms with van der Waals surface area (Å²) in [6, 6.07) is 0. The molecular formula is C14H24N2O7S. The van der Waals surface area contributed by atoms with Crippen molar-refractivity contribution in [2.24, 2.45) is 0 Å². The summed E-state index contributed by atoms with van der Waals surface area (Å²) < 4.78 is 39.3. The Morgan fingerprint density at radius 3 is 2.12 bits per heavy atom. The molecule has 0 unspecified atom stereocenters. The molecule has 0 aromatic carbocycles. The lowest BCUT2D eigenvalue weighted by Crippen LogP contribution is -2.47. The van der Waals surface area contributed by atoms with E-state index in [-0.39, 0.29) is 12.4 Å². The molecular weight excluding hydrogens is 340 g/mol. The number of hydrogen-bond acceptors (Lipinski definition) is 8. The molecule has 0 spiro atoms. The van der Waals surface area contributed by atoms with E-state index in [0.29, 0.717) is 19.5 Å². The molecule has 1 heterocycles. The molecule has 24 heavy (non-hydrogen) atoms. The zero-order valence-electron chi connectivity index (χ0n) is 13.7. The Morgan fingerprint density at radius 1 is 1.04 bits per heavy atom. The highest BCUT2D eigenvalue weighted by atomic mass is 32.2. The van der Waals surface area contributed by atoms with E-state index in [1.807, 2.05) is 0 Å². The first-order valence-electron chi connectivity index (χ1n) is 7.63. The minimum Gasteiger partial charge on any atom is -0.466 e. The number of methoxy groups -OCH3 is 1. The predicted molar refractivity (Wildman–Crippen MR) is 86.0 cm³/mol. The van der Waals surface area contributed by atoms with E-state index in [9.17, 15) is 18.0 Å². The van der Waals surface area contributed by atoms with Crippen LogP contribution < -0.4 is 0 Å². The van der Waals surface area contributed by atoms with Gasteiger partial charge in [-0.05, 0) is 13.0 Å². The van der Waals surface area contributed by atoms with Gasteiger partial charge in [-0.3, -0.25) is 9.45 Å². The van der Waals surface area contributed by atoms with E-state index in [0.717, 1.165) is 38.3 Å². The van der Waals surface area contributed by atoms with Crippen molar-refractivity contribution in [3.8, 4) is 0 Å². The van der Waals surface area contributed by atoms with E-state index >= 15 is 0 Å². The molecule has 1 aliphatic rings. The maximum Gasteiger partial charge on any atom is 0.331 e. The van der Waals surface area contributed by atoms with Crippen LogP contribution in [0.2, 0.25) is 0 Å². The summed E-state index contributed by atoms with van der Waals surface area (Å²) in [5, 5.41) is 0. The third kappa shape index (κ3) is 9.60. The van der Waals surface area contributed by atoms with Crippen LogP contribution >= 0.6 is 0 Å². The van der Waals surface area contributed by atoms with Gasteiger partial charge in [-0.25, -0.2) is 9.59 Å². The van der Waals surface area contributed by atoms with E-state index in [4.69, 9.17) is 9.29 Å². The van der Waals surface area contributed by atoms with Gasteiger partial charge in [0, 0.05) is 44.9 Å². The highest BCUT2D eigenvalue weighted by Gasteiger charge is 2.17. The molecule has 0 saturated carbocycles. The van der Waals surface area contributed by atoms with E-state index in [2.05, 4.69) is 14.5 Å². The molecule has 0 amide bonds. The summed E-state index contributed by atoms with van der Waals surface area (Å²) in [6.07, 6.45) is 2.44. The molecule has 138 valence electrons. The summed E-state index contributed by atoms with van der Waals surface area (Å²) in [5.41, 5.74) is 0. The van der Waals surface area contributed by atoms with Gasteiger partial charge in [-0.1, -0.05) is 0 Å². The molecule has 0 aromatic rings. The number of esters is 2. The third-order valence-corrected chi connectivity index (χ3v) is 4.35. The van der Waals surface area contributed by atoms with E-state index in [1.165, 1.54) is 7.11 Å². The maximum atomic E-state index is 11.3. The number of hydrogen-bond donors (Lipinski definition) is 1. The third-order valence-electron chi connectivity index (χ3n) is 3.55. The lowest BCUT2D eigenvalue weighted by atomic mass is 10.3. The van der Waals surface area contributed by atoms with Crippen LogP contribution in [0.25, 0.3) is 0 Å². The molecule has 0 aromatic heterocycles. The van der Waals surface area contributed by atoms with E-state index in [1.54, 1.807) is 0 Å². The smallest absolute Gasteiger partial charge is 0.331 e. The molecule has 9 nitrogen and oxygen atoms in total. The standard InChI is InChI=1S/C14H24N2O7S/c1-22-13(17)3-4-14(18)23-11-10-16-8-6-15(7-9-16)5-2-12-24(19,20)21/h3-4H,2,5-12H2,1H3,(H,19,20,21)/b4-3+. The fraction of sp³-hybridized carbons (Fsp3) is 0.714. The number of piperazine rings is 1. The van der Waals surface area contributed by atoms with Gasteiger partial charge >= 0.3 is 11.9 Å². The molecule has 0 bridgehead atoms. The molecule has 0 atom stereocenters. The number of ether oxygens (including phenoxy) is 2. The van der Waals surface area contributed by atoms with Crippen LogP contribution in [-0.2, 0) is 29.2 Å². The van der Waals surface area contributed by atoms with Gasteiger partial charge < -0.3 is 14.4 Å². The predicted octanol–water partition coefficient (Wildman–Crippen LogP) is -0.846. The quantitative estimate of drug-likeness (QED) is 0.317. The summed E-state index contributed by atoms with van der Waals surface area (Å²) in [5.74, 6) is -1.43. The van der Waals surface area contributed by atoms with Gasteiger partial charge in [-0.2, -0.15) is 8.42 Å². The monoisotopic (exact) mass is 364 g/mol. The Morgan fingerprint density at radius 2 is 1.58 bits per heavy atom. The van der Waals surface area contributed by atoms with Gasteiger partial charge in [0.2, 0.25) is 0 Å². The maximum absolute atomic E-state index is 11.3. The molecule has 0 aliphatic carbocycles. The summed E-state index contributed by atoms with van der Waals surface area (Å²) in [4.78, 5) is 26.4. The second-order valence-corrected chi connectivity index (χ2v) is 6.92. The Kier molecular flexibility index (Phi) is 8.90. The van der Waals surface area contributed by atoms with Gasteiger partial charge in [0.05, 0.1) is 12.9 Å². The number of rotatable bonds is 9. The number of carbonyl (C=O) groups excluding carboxylic acids is 2. The lowest BCUT2D eigenvalue weighted by molar-refractivity contribution is -0.139. The SMILES string of the molecule is COC(=O)/C=C/C(=O)OCCN1CCN(CCCS(=O)(=O)O)CC1. The zero-order chi connectivity index (χ0) is 18.0. The van der Waals surface area contributed by atoms with E-state index < -0.39 is 22.1 Å².